The summed E-state index contributed by atoms with van der Waals surface area (Å²) in [5, 5.41) is 0.579. The van der Waals surface area contributed by atoms with Crippen LogP contribution in [0.5, 0.6) is 0 Å². The van der Waals surface area contributed by atoms with Gasteiger partial charge < -0.3 is 0 Å². The van der Waals surface area contributed by atoms with Gasteiger partial charge in [0.05, 0.1) is 15.7 Å². The molecule has 0 spiro atoms. The van der Waals surface area contributed by atoms with E-state index in [0.29, 0.717) is 10.7 Å². The van der Waals surface area contributed by atoms with Gasteiger partial charge in [-0.15, -0.1) is 0 Å². The summed E-state index contributed by atoms with van der Waals surface area (Å²) in [6.07, 6.45) is 0. The van der Waals surface area contributed by atoms with Crippen molar-refractivity contribution in [1.29, 1.82) is 0 Å². The molecule has 2 rings (SSSR count). The molecule has 7 heteroatoms. The van der Waals surface area contributed by atoms with Gasteiger partial charge in [-0.3, -0.25) is 9.78 Å². The van der Waals surface area contributed by atoms with Gasteiger partial charge in [-0.2, -0.15) is 0 Å². The SMILES string of the molecule is O=c1cc(Cl)[nH]c(=O)n1-c1ccc(Cl)c(Cl)c1. The van der Waals surface area contributed by atoms with Crippen molar-refractivity contribution < 1.29 is 0 Å². The first kappa shape index (κ1) is 12.2. The number of H-pyrrole nitrogens is 1. The lowest BCUT2D eigenvalue weighted by atomic mass is 10.3. The summed E-state index contributed by atoms with van der Waals surface area (Å²) < 4.78 is 0.911. The minimum absolute atomic E-state index is 0.0173. The average molecular weight is 292 g/mol. The molecule has 88 valence electrons. The Kier molecular flexibility index (Phi) is 3.28. The van der Waals surface area contributed by atoms with Crippen molar-refractivity contribution in [2.45, 2.75) is 0 Å². The van der Waals surface area contributed by atoms with Gasteiger partial charge in [-0.1, -0.05) is 34.8 Å². The fourth-order valence-corrected chi connectivity index (χ4v) is 1.80. The fourth-order valence-electron chi connectivity index (χ4n) is 1.34. The van der Waals surface area contributed by atoms with E-state index in [0.717, 1.165) is 10.6 Å². The molecule has 0 unspecified atom stereocenters. The Labute approximate surface area is 110 Å². The van der Waals surface area contributed by atoms with Crippen LogP contribution in [-0.2, 0) is 0 Å². The number of halogens is 3. The van der Waals surface area contributed by atoms with Crippen molar-refractivity contribution >= 4 is 34.8 Å². The van der Waals surface area contributed by atoms with E-state index in [2.05, 4.69) is 4.98 Å². The van der Waals surface area contributed by atoms with E-state index in [1.54, 1.807) is 0 Å². The lowest BCUT2D eigenvalue weighted by Crippen LogP contribution is -2.32. The third-order valence-electron chi connectivity index (χ3n) is 2.06. The third kappa shape index (κ3) is 2.39. The van der Waals surface area contributed by atoms with E-state index in [4.69, 9.17) is 34.8 Å². The molecule has 17 heavy (non-hydrogen) atoms. The number of hydrogen-bond acceptors (Lipinski definition) is 2. The van der Waals surface area contributed by atoms with Crippen LogP contribution in [0, 0.1) is 0 Å². The molecular formula is C10H5Cl3N2O2. The van der Waals surface area contributed by atoms with Gasteiger partial charge in [-0.05, 0) is 18.2 Å². The molecule has 0 fully saturated rings. The minimum atomic E-state index is -0.638. The number of aromatic nitrogens is 2. The molecule has 0 atom stereocenters. The van der Waals surface area contributed by atoms with Gasteiger partial charge in [0.1, 0.15) is 5.15 Å². The van der Waals surface area contributed by atoms with Gasteiger partial charge in [0, 0.05) is 6.07 Å². The van der Waals surface area contributed by atoms with Crippen molar-refractivity contribution in [2.75, 3.05) is 0 Å². The number of nitrogens with zero attached hydrogens (tertiary/aromatic N) is 1. The van der Waals surface area contributed by atoms with Crippen LogP contribution in [0.4, 0.5) is 0 Å². The maximum Gasteiger partial charge on any atom is 0.334 e. The zero-order valence-corrected chi connectivity index (χ0v) is 10.5. The number of aromatic amines is 1. The monoisotopic (exact) mass is 290 g/mol. The van der Waals surface area contributed by atoms with E-state index in [-0.39, 0.29) is 10.2 Å². The second kappa shape index (κ2) is 4.56. The van der Waals surface area contributed by atoms with Crippen molar-refractivity contribution in [1.82, 2.24) is 9.55 Å². The van der Waals surface area contributed by atoms with Gasteiger partial charge in [0.25, 0.3) is 5.56 Å². The molecule has 1 aromatic carbocycles. The molecular weight excluding hydrogens is 286 g/mol. The van der Waals surface area contributed by atoms with Crippen LogP contribution in [-0.4, -0.2) is 9.55 Å². The molecule has 0 aliphatic rings. The summed E-state index contributed by atoms with van der Waals surface area (Å²) in [7, 11) is 0. The summed E-state index contributed by atoms with van der Waals surface area (Å²) >= 11 is 17.1. The van der Waals surface area contributed by atoms with E-state index in [9.17, 15) is 9.59 Å². The van der Waals surface area contributed by atoms with Crippen molar-refractivity contribution in [2.24, 2.45) is 0 Å². The van der Waals surface area contributed by atoms with Crippen LogP contribution in [0.15, 0.2) is 33.9 Å². The predicted molar refractivity (Wildman–Crippen MR) is 67.7 cm³/mol. The fraction of sp³-hybridized carbons (Fsp3) is 0. The van der Waals surface area contributed by atoms with Crippen LogP contribution in [0.2, 0.25) is 15.2 Å². The lowest BCUT2D eigenvalue weighted by molar-refractivity contribution is 0.876. The Hall–Kier alpha value is -1.23. The molecule has 0 radical (unpaired) electrons. The summed E-state index contributed by atoms with van der Waals surface area (Å²) in [6, 6.07) is 5.54. The van der Waals surface area contributed by atoms with Crippen molar-refractivity contribution in [3.8, 4) is 5.69 Å². The van der Waals surface area contributed by atoms with Crippen LogP contribution in [0.1, 0.15) is 0 Å². The van der Waals surface area contributed by atoms with E-state index in [1.165, 1.54) is 18.2 Å². The summed E-state index contributed by atoms with van der Waals surface area (Å²) in [6.45, 7) is 0. The molecule has 0 saturated heterocycles. The van der Waals surface area contributed by atoms with Crippen molar-refractivity contribution in [3.05, 3.63) is 60.3 Å². The normalized spacial score (nSPS) is 10.5. The Morgan fingerprint density at radius 2 is 1.71 bits per heavy atom. The highest BCUT2D eigenvalue weighted by atomic mass is 35.5. The summed E-state index contributed by atoms with van der Waals surface area (Å²) in [5.74, 6) is 0. The van der Waals surface area contributed by atoms with E-state index >= 15 is 0 Å². The third-order valence-corrected chi connectivity index (χ3v) is 3.00. The number of nitrogens with one attached hydrogen (secondary N) is 1. The van der Waals surface area contributed by atoms with Gasteiger partial charge in [0.2, 0.25) is 0 Å². The molecule has 0 saturated carbocycles. The summed E-state index contributed by atoms with van der Waals surface area (Å²) in [5.41, 5.74) is -0.861. The Morgan fingerprint density at radius 1 is 1.00 bits per heavy atom. The van der Waals surface area contributed by atoms with Gasteiger partial charge in [-0.25, -0.2) is 9.36 Å². The zero-order valence-electron chi connectivity index (χ0n) is 8.21. The van der Waals surface area contributed by atoms with Crippen LogP contribution in [0.3, 0.4) is 0 Å². The van der Waals surface area contributed by atoms with Crippen molar-refractivity contribution in [3.63, 3.8) is 0 Å². The molecule has 1 heterocycles. The maximum absolute atomic E-state index is 11.6. The van der Waals surface area contributed by atoms with Gasteiger partial charge >= 0.3 is 5.69 Å². The summed E-state index contributed by atoms with van der Waals surface area (Å²) in [4.78, 5) is 25.6. The molecule has 0 bridgehead atoms. The Morgan fingerprint density at radius 3 is 2.29 bits per heavy atom. The van der Waals surface area contributed by atoms with E-state index in [1.807, 2.05) is 0 Å². The predicted octanol–water partition coefficient (Wildman–Crippen LogP) is 2.49. The van der Waals surface area contributed by atoms with Crippen LogP contribution >= 0.6 is 34.8 Å². The molecule has 4 nitrogen and oxygen atoms in total. The number of hydrogen-bond donors (Lipinski definition) is 1. The molecule has 2 aromatic rings. The Balaban J connectivity index is 2.73. The van der Waals surface area contributed by atoms with E-state index < -0.39 is 11.2 Å². The smallest absolute Gasteiger partial charge is 0.297 e. The Bertz CT molecular complexity index is 659. The molecule has 0 amide bonds. The average Bonchev–Trinajstić information content (AvgIpc) is 2.21. The first-order chi connectivity index (χ1) is 7.99. The lowest BCUT2D eigenvalue weighted by Gasteiger charge is -2.05. The standard InChI is InChI=1S/C10H5Cl3N2O2/c11-6-2-1-5(3-7(6)12)15-9(16)4-8(13)14-10(15)17/h1-4H,(H,14,17). The highest BCUT2D eigenvalue weighted by Gasteiger charge is 2.07. The second-order valence-corrected chi connectivity index (χ2v) is 4.42. The molecule has 0 aliphatic heterocycles. The highest BCUT2D eigenvalue weighted by molar-refractivity contribution is 6.42. The quantitative estimate of drug-likeness (QED) is 0.821. The molecule has 1 aromatic heterocycles. The number of benzene rings is 1. The van der Waals surface area contributed by atoms with Crippen LogP contribution < -0.4 is 11.2 Å². The largest absolute Gasteiger partial charge is 0.334 e. The molecule has 0 aliphatic carbocycles. The first-order valence-electron chi connectivity index (χ1n) is 4.46. The topological polar surface area (TPSA) is 54.9 Å². The number of rotatable bonds is 1. The van der Waals surface area contributed by atoms with Gasteiger partial charge in [0.15, 0.2) is 0 Å². The highest BCUT2D eigenvalue weighted by Crippen LogP contribution is 2.23. The minimum Gasteiger partial charge on any atom is -0.297 e. The van der Waals surface area contributed by atoms with Crippen LogP contribution in [0.25, 0.3) is 5.69 Å². The second-order valence-electron chi connectivity index (χ2n) is 3.19. The molecule has 1 N–H and O–H groups in total. The zero-order chi connectivity index (χ0) is 12.6. The first-order valence-corrected chi connectivity index (χ1v) is 5.60. The maximum atomic E-state index is 11.6.